The van der Waals surface area contributed by atoms with Gasteiger partial charge in [0, 0.05) is 23.5 Å². The van der Waals surface area contributed by atoms with Crippen molar-refractivity contribution < 1.29 is 5.11 Å². The van der Waals surface area contributed by atoms with Crippen molar-refractivity contribution in [1.29, 1.82) is 0 Å². The number of aliphatic hydroxyl groups is 1. The topological polar surface area (TPSA) is 49.2 Å². The lowest BCUT2D eigenvalue weighted by Crippen LogP contribution is -2.51. The van der Waals surface area contributed by atoms with Crippen molar-refractivity contribution in [2.75, 3.05) is 13.1 Å². The summed E-state index contributed by atoms with van der Waals surface area (Å²) in [6, 6.07) is 16.0. The fourth-order valence-electron chi connectivity index (χ4n) is 4.09. The van der Waals surface area contributed by atoms with Gasteiger partial charge >= 0.3 is 0 Å². The van der Waals surface area contributed by atoms with E-state index in [1.54, 1.807) is 6.07 Å². The second-order valence-corrected chi connectivity index (χ2v) is 7.95. The van der Waals surface area contributed by atoms with Crippen LogP contribution >= 0.6 is 23.2 Å². The lowest BCUT2D eigenvalue weighted by molar-refractivity contribution is 0.0686. The van der Waals surface area contributed by atoms with E-state index in [0.717, 1.165) is 42.5 Å². The number of halogens is 2. The Morgan fingerprint density at radius 3 is 2.52 bits per heavy atom. The molecule has 4 rings (SSSR count). The zero-order valence-corrected chi connectivity index (χ0v) is 16.7. The number of benzene rings is 2. The molecule has 6 heteroatoms. The van der Waals surface area contributed by atoms with E-state index in [0.29, 0.717) is 10.0 Å². The molecule has 1 fully saturated rings. The van der Waals surface area contributed by atoms with Gasteiger partial charge in [-0.1, -0.05) is 53.5 Å². The van der Waals surface area contributed by atoms with E-state index < -0.39 is 6.23 Å². The fourth-order valence-corrected chi connectivity index (χ4v) is 4.47. The molecule has 1 aliphatic heterocycles. The number of hydrogen-bond donors (Lipinski definition) is 3. The molecule has 0 aliphatic carbocycles. The van der Waals surface area contributed by atoms with Gasteiger partial charge in [-0.3, -0.25) is 5.32 Å². The molecule has 0 bridgehead atoms. The number of hydrogen-bond acceptors (Lipinski definition) is 3. The maximum Gasteiger partial charge on any atom is 0.146 e. The molecule has 3 aromatic rings. The Hall–Kier alpha value is -1.56. The molecule has 142 valence electrons. The third kappa shape index (κ3) is 3.37. The first kappa shape index (κ1) is 18.8. The highest BCUT2D eigenvalue weighted by molar-refractivity contribution is 6.45. The fraction of sp³-hybridized carbons (Fsp3) is 0.333. The number of aromatic nitrogens is 1. The summed E-state index contributed by atoms with van der Waals surface area (Å²) in [5.74, 6) is 0. The molecule has 0 spiro atoms. The number of piperidine rings is 1. The summed E-state index contributed by atoms with van der Waals surface area (Å²) in [6.45, 7) is 1.82. The number of aryl methyl sites for hydroxylation is 1. The molecule has 4 nitrogen and oxygen atoms in total. The van der Waals surface area contributed by atoms with E-state index in [4.69, 9.17) is 23.2 Å². The highest BCUT2D eigenvalue weighted by atomic mass is 35.5. The van der Waals surface area contributed by atoms with Crippen LogP contribution < -0.4 is 10.6 Å². The standard InChI is InChI=1S/C21H23Cl2N3O/c1-26-17-8-7-16(22)19(23)15(17)13-18(26)20(27)25-21(9-11-24-12-10-21)14-5-3-2-4-6-14/h2-8,13,20,24-25,27H,9-12H2,1H3. The normalized spacial score (nSPS) is 17.9. The summed E-state index contributed by atoms with van der Waals surface area (Å²) in [4.78, 5) is 0. The van der Waals surface area contributed by atoms with Crippen LogP contribution in [0.4, 0.5) is 0 Å². The van der Waals surface area contributed by atoms with E-state index >= 15 is 0 Å². The first-order valence-corrected chi connectivity index (χ1v) is 9.93. The largest absolute Gasteiger partial charge is 0.373 e. The van der Waals surface area contributed by atoms with E-state index in [1.165, 1.54) is 5.56 Å². The molecule has 2 aromatic carbocycles. The van der Waals surface area contributed by atoms with Gasteiger partial charge < -0.3 is 15.0 Å². The summed E-state index contributed by atoms with van der Waals surface area (Å²) < 4.78 is 1.97. The van der Waals surface area contributed by atoms with Crippen molar-refractivity contribution >= 4 is 34.1 Å². The van der Waals surface area contributed by atoms with Crippen LogP contribution in [0.3, 0.4) is 0 Å². The molecule has 1 atom stereocenters. The first-order chi connectivity index (χ1) is 13.0. The summed E-state index contributed by atoms with van der Waals surface area (Å²) in [5, 5.41) is 19.9. The predicted octanol–water partition coefficient (Wildman–Crippen LogP) is 4.34. The molecular formula is C21H23Cl2N3O. The summed E-state index contributed by atoms with van der Waals surface area (Å²) in [6.07, 6.45) is 0.991. The molecule has 0 saturated carbocycles. The Morgan fingerprint density at radius 1 is 1.11 bits per heavy atom. The van der Waals surface area contributed by atoms with Crippen LogP contribution in [0.2, 0.25) is 10.0 Å². The molecule has 2 heterocycles. The summed E-state index contributed by atoms with van der Waals surface area (Å²) in [7, 11) is 1.93. The molecule has 1 unspecified atom stereocenters. The minimum absolute atomic E-state index is 0.274. The van der Waals surface area contributed by atoms with Crippen LogP contribution in [-0.4, -0.2) is 22.8 Å². The minimum Gasteiger partial charge on any atom is -0.373 e. The second kappa shape index (κ2) is 7.46. The van der Waals surface area contributed by atoms with Gasteiger partial charge in [0.05, 0.1) is 15.7 Å². The lowest BCUT2D eigenvalue weighted by Gasteiger charge is -2.41. The number of rotatable bonds is 4. The number of nitrogens with zero attached hydrogens (tertiary/aromatic N) is 1. The minimum atomic E-state index is -0.824. The highest BCUT2D eigenvalue weighted by Gasteiger charge is 2.36. The molecule has 1 aromatic heterocycles. The first-order valence-electron chi connectivity index (χ1n) is 9.17. The van der Waals surface area contributed by atoms with E-state index in [9.17, 15) is 5.11 Å². The van der Waals surface area contributed by atoms with Gasteiger partial charge in [-0.2, -0.15) is 0 Å². The van der Waals surface area contributed by atoms with Gasteiger partial charge in [0.15, 0.2) is 0 Å². The number of nitrogens with one attached hydrogen (secondary N) is 2. The van der Waals surface area contributed by atoms with Crippen molar-refractivity contribution in [3.05, 3.63) is 69.8 Å². The Balaban J connectivity index is 1.72. The van der Waals surface area contributed by atoms with Crippen LogP contribution in [0.25, 0.3) is 10.9 Å². The van der Waals surface area contributed by atoms with E-state index in [2.05, 4.69) is 22.8 Å². The van der Waals surface area contributed by atoms with Crippen LogP contribution in [-0.2, 0) is 12.6 Å². The predicted molar refractivity (Wildman–Crippen MR) is 111 cm³/mol. The molecule has 0 amide bonds. The van der Waals surface area contributed by atoms with E-state index in [-0.39, 0.29) is 5.54 Å². The molecule has 1 aliphatic rings. The summed E-state index contributed by atoms with van der Waals surface area (Å²) in [5.41, 5.74) is 2.64. The second-order valence-electron chi connectivity index (χ2n) is 7.17. The average molecular weight is 404 g/mol. The third-order valence-electron chi connectivity index (χ3n) is 5.63. The van der Waals surface area contributed by atoms with Gasteiger partial charge in [0.2, 0.25) is 0 Å². The maximum absolute atomic E-state index is 11.1. The Labute approximate surface area is 169 Å². The Morgan fingerprint density at radius 2 is 1.81 bits per heavy atom. The molecular weight excluding hydrogens is 381 g/mol. The molecule has 1 saturated heterocycles. The SMILES string of the molecule is Cn1c(C(O)NC2(c3ccccc3)CCNCC2)cc2c(Cl)c(Cl)ccc21. The van der Waals surface area contributed by atoms with Gasteiger partial charge in [-0.25, -0.2) is 0 Å². The highest BCUT2D eigenvalue weighted by Crippen LogP contribution is 2.36. The zero-order valence-electron chi connectivity index (χ0n) is 15.2. The van der Waals surface area contributed by atoms with Crippen molar-refractivity contribution in [2.45, 2.75) is 24.6 Å². The Bertz CT molecular complexity index is 949. The van der Waals surface area contributed by atoms with Crippen molar-refractivity contribution in [3.8, 4) is 0 Å². The monoisotopic (exact) mass is 403 g/mol. The van der Waals surface area contributed by atoms with Gasteiger partial charge in [0.1, 0.15) is 6.23 Å². The smallest absolute Gasteiger partial charge is 0.146 e. The van der Waals surface area contributed by atoms with Gasteiger partial charge in [-0.15, -0.1) is 0 Å². The molecule has 27 heavy (non-hydrogen) atoms. The van der Waals surface area contributed by atoms with Gasteiger partial charge in [0.25, 0.3) is 0 Å². The summed E-state index contributed by atoms with van der Waals surface area (Å²) >= 11 is 12.5. The number of aliphatic hydroxyl groups excluding tert-OH is 1. The van der Waals surface area contributed by atoms with Crippen LogP contribution in [0.5, 0.6) is 0 Å². The van der Waals surface area contributed by atoms with Crippen molar-refractivity contribution in [2.24, 2.45) is 7.05 Å². The molecule has 3 N–H and O–H groups in total. The van der Waals surface area contributed by atoms with Crippen molar-refractivity contribution in [3.63, 3.8) is 0 Å². The van der Waals surface area contributed by atoms with Crippen LogP contribution in [0, 0.1) is 0 Å². The third-order valence-corrected chi connectivity index (χ3v) is 6.45. The maximum atomic E-state index is 11.1. The average Bonchev–Trinajstić information content (AvgIpc) is 3.03. The quantitative estimate of drug-likeness (QED) is 0.567. The zero-order chi connectivity index (χ0) is 19.0. The van der Waals surface area contributed by atoms with E-state index in [1.807, 2.05) is 41.9 Å². The van der Waals surface area contributed by atoms with Crippen LogP contribution in [0.1, 0.15) is 30.3 Å². The molecule has 0 radical (unpaired) electrons. The van der Waals surface area contributed by atoms with Crippen molar-refractivity contribution in [1.82, 2.24) is 15.2 Å². The van der Waals surface area contributed by atoms with Gasteiger partial charge in [-0.05, 0) is 49.7 Å². The van der Waals surface area contributed by atoms with Crippen LogP contribution in [0.15, 0.2) is 48.5 Å². The Kier molecular flexibility index (Phi) is 5.19. The lowest BCUT2D eigenvalue weighted by atomic mass is 9.81. The number of fused-ring (bicyclic) bond motifs is 1.